The minimum atomic E-state index is -3.51. The van der Waals surface area contributed by atoms with Crippen LogP contribution < -0.4 is 0 Å². The Morgan fingerprint density at radius 1 is 0.846 bits per heavy atom. The highest BCUT2D eigenvalue weighted by atomic mass is 35.5. The maximum absolute atomic E-state index is 12.6. The van der Waals surface area contributed by atoms with E-state index >= 15 is 0 Å². The molecule has 0 aliphatic heterocycles. The van der Waals surface area contributed by atoms with Crippen molar-refractivity contribution in [3.05, 3.63) is 89.4 Å². The number of hydrogen-bond acceptors (Lipinski definition) is 4. The first-order valence-corrected chi connectivity index (χ1v) is 9.85. The number of nitrogens with zero attached hydrogens (tertiary/aromatic N) is 2. The Labute approximate surface area is 157 Å². The third-order valence-electron chi connectivity index (χ3n) is 3.60. The summed E-state index contributed by atoms with van der Waals surface area (Å²) in [5.74, 6) is -0.205. The largest absolute Gasteiger partial charge is 0.223 e. The molecule has 0 spiro atoms. The first-order valence-electron chi connectivity index (χ1n) is 7.82. The van der Waals surface area contributed by atoms with E-state index in [0.29, 0.717) is 22.0 Å². The summed E-state index contributed by atoms with van der Waals surface area (Å²) in [6.07, 6.45) is 0. The molecule has 0 aliphatic carbocycles. The van der Waals surface area contributed by atoms with Gasteiger partial charge in [0.15, 0.2) is 9.84 Å². The van der Waals surface area contributed by atoms with Crippen LogP contribution in [0.1, 0.15) is 5.56 Å². The Bertz CT molecular complexity index is 1060. The molecule has 0 amide bonds. The molecule has 0 aliphatic rings. The number of benzene rings is 3. The van der Waals surface area contributed by atoms with Gasteiger partial charge in [-0.25, -0.2) is 8.42 Å². The number of para-hydroxylation sites is 1. The SMILES string of the molecule is O=S(=O)(Cc1cc(Cl)ccc1N=C=Nc1ccccc1)c1ccccc1. The molecule has 0 aromatic heterocycles. The van der Waals surface area contributed by atoms with Crippen LogP contribution >= 0.6 is 11.6 Å². The van der Waals surface area contributed by atoms with Gasteiger partial charge in [0.2, 0.25) is 0 Å². The Balaban J connectivity index is 1.93. The van der Waals surface area contributed by atoms with Crippen LogP contribution in [0.25, 0.3) is 0 Å². The van der Waals surface area contributed by atoms with Crippen molar-refractivity contribution in [3.8, 4) is 0 Å². The standard InChI is InChI=1S/C20H15ClN2O2S/c21-17-11-12-20(23-15-22-18-7-3-1-4-8-18)16(13-17)14-26(24,25)19-9-5-2-6-10-19/h1-13H,14H2. The molecular weight excluding hydrogens is 368 g/mol. The molecule has 4 nitrogen and oxygen atoms in total. The maximum atomic E-state index is 12.6. The topological polar surface area (TPSA) is 58.9 Å². The summed E-state index contributed by atoms with van der Waals surface area (Å²) < 4.78 is 25.3. The lowest BCUT2D eigenvalue weighted by Gasteiger charge is -2.07. The summed E-state index contributed by atoms with van der Waals surface area (Å²) in [6, 6.07) is 25.1. The van der Waals surface area contributed by atoms with Crippen molar-refractivity contribution in [3.63, 3.8) is 0 Å². The highest BCUT2D eigenvalue weighted by Gasteiger charge is 2.17. The fourth-order valence-electron chi connectivity index (χ4n) is 2.33. The number of rotatable bonds is 5. The normalized spacial score (nSPS) is 10.8. The van der Waals surface area contributed by atoms with Gasteiger partial charge in [-0.2, -0.15) is 9.98 Å². The lowest BCUT2D eigenvalue weighted by atomic mass is 10.2. The summed E-state index contributed by atoms with van der Waals surface area (Å²) in [7, 11) is -3.51. The zero-order valence-corrected chi connectivity index (χ0v) is 15.3. The van der Waals surface area contributed by atoms with Crippen LogP contribution in [0.4, 0.5) is 11.4 Å². The van der Waals surface area contributed by atoms with Crippen LogP contribution in [-0.2, 0) is 15.6 Å². The van der Waals surface area contributed by atoms with Gasteiger partial charge in [-0.1, -0.05) is 48.0 Å². The molecule has 26 heavy (non-hydrogen) atoms. The first kappa shape index (κ1) is 18.1. The van der Waals surface area contributed by atoms with Gasteiger partial charge in [0.25, 0.3) is 0 Å². The maximum Gasteiger partial charge on any atom is 0.182 e. The number of sulfone groups is 1. The quantitative estimate of drug-likeness (QED) is 0.551. The molecule has 0 N–H and O–H groups in total. The van der Waals surface area contributed by atoms with Crippen LogP contribution in [0.2, 0.25) is 5.02 Å². The second-order valence-electron chi connectivity index (χ2n) is 5.50. The molecule has 3 aromatic carbocycles. The molecule has 3 aromatic rings. The van der Waals surface area contributed by atoms with Gasteiger partial charge >= 0.3 is 0 Å². The molecule has 0 saturated heterocycles. The molecule has 0 radical (unpaired) electrons. The molecular formula is C20H15ClN2O2S. The molecule has 0 bridgehead atoms. The number of aliphatic imine (C=N–C) groups is 2. The monoisotopic (exact) mass is 382 g/mol. The number of halogens is 1. The summed E-state index contributed by atoms with van der Waals surface area (Å²) in [5.41, 5.74) is 1.68. The van der Waals surface area contributed by atoms with Crippen LogP contribution in [0.5, 0.6) is 0 Å². The Morgan fingerprint density at radius 3 is 2.19 bits per heavy atom. The number of hydrogen-bond donors (Lipinski definition) is 0. The second kappa shape index (κ2) is 8.11. The summed E-state index contributed by atoms with van der Waals surface area (Å²) in [5, 5.41) is 0.446. The average Bonchev–Trinajstić information content (AvgIpc) is 2.65. The van der Waals surface area contributed by atoms with Gasteiger partial charge in [0.1, 0.15) is 6.01 Å². The zero-order valence-electron chi connectivity index (χ0n) is 13.7. The van der Waals surface area contributed by atoms with Gasteiger partial charge in [0.05, 0.1) is 22.0 Å². The molecule has 130 valence electrons. The fourth-order valence-corrected chi connectivity index (χ4v) is 3.91. The van der Waals surface area contributed by atoms with Crippen molar-refractivity contribution in [1.29, 1.82) is 0 Å². The van der Waals surface area contributed by atoms with Crippen molar-refractivity contribution in [2.45, 2.75) is 10.6 Å². The lowest BCUT2D eigenvalue weighted by molar-refractivity contribution is 0.595. The minimum absolute atomic E-state index is 0.205. The van der Waals surface area contributed by atoms with E-state index in [2.05, 4.69) is 16.0 Å². The third kappa shape index (κ3) is 4.67. The molecule has 0 saturated carbocycles. The van der Waals surface area contributed by atoms with E-state index < -0.39 is 9.84 Å². The van der Waals surface area contributed by atoms with Crippen molar-refractivity contribution in [2.75, 3.05) is 0 Å². The van der Waals surface area contributed by atoms with E-state index in [1.54, 1.807) is 48.5 Å². The molecule has 6 heteroatoms. The van der Waals surface area contributed by atoms with E-state index in [0.717, 1.165) is 0 Å². The zero-order chi connectivity index (χ0) is 18.4. The van der Waals surface area contributed by atoms with Crippen LogP contribution in [0.15, 0.2) is 93.7 Å². The van der Waals surface area contributed by atoms with Crippen LogP contribution in [0.3, 0.4) is 0 Å². The second-order valence-corrected chi connectivity index (χ2v) is 7.93. The highest BCUT2D eigenvalue weighted by molar-refractivity contribution is 7.90. The van der Waals surface area contributed by atoms with Crippen LogP contribution in [-0.4, -0.2) is 14.4 Å². The summed E-state index contributed by atoms with van der Waals surface area (Å²) >= 11 is 6.04. The Kier molecular flexibility index (Phi) is 5.64. The van der Waals surface area contributed by atoms with E-state index in [-0.39, 0.29) is 10.6 Å². The molecule has 0 heterocycles. The third-order valence-corrected chi connectivity index (χ3v) is 5.51. The van der Waals surface area contributed by atoms with E-state index in [1.807, 2.05) is 30.3 Å². The lowest BCUT2D eigenvalue weighted by Crippen LogP contribution is -2.05. The summed E-state index contributed by atoms with van der Waals surface area (Å²) in [4.78, 5) is 8.56. The van der Waals surface area contributed by atoms with Gasteiger partial charge in [-0.15, -0.1) is 0 Å². The highest BCUT2D eigenvalue weighted by Crippen LogP contribution is 2.27. The predicted molar refractivity (Wildman–Crippen MR) is 104 cm³/mol. The van der Waals surface area contributed by atoms with Crippen molar-refractivity contribution >= 4 is 38.8 Å². The fraction of sp³-hybridized carbons (Fsp3) is 0.0500. The van der Waals surface area contributed by atoms with Crippen molar-refractivity contribution in [2.24, 2.45) is 9.98 Å². The van der Waals surface area contributed by atoms with Gasteiger partial charge < -0.3 is 0 Å². The van der Waals surface area contributed by atoms with E-state index in [1.165, 1.54) is 0 Å². The molecule has 0 unspecified atom stereocenters. The Morgan fingerprint density at radius 2 is 1.50 bits per heavy atom. The molecule has 0 fully saturated rings. The van der Waals surface area contributed by atoms with Crippen molar-refractivity contribution < 1.29 is 8.42 Å². The van der Waals surface area contributed by atoms with E-state index in [4.69, 9.17) is 11.6 Å². The van der Waals surface area contributed by atoms with Crippen molar-refractivity contribution in [1.82, 2.24) is 0 Å². The summed E-state index contributed by atoms with van der Waals surface area (Å²) in [6.45, 7) is 0. The van der Waals surface area contributed by atoms with E-state index in [9.17, 15) is 8.42 Å². The predicted octanol–water partition coefficient (Wildman–Crippen LogP) is 5.45. The van der Waals surface area contributed by atoms with Gasteiger partial charge in [-0.3, -0.25) is 0 Å². The van der Waals surface area contributed by atoms with Crippen LogP contribution in [0, 0.1) is 0 Å². The first-order chi connectivity index (χ1) is 12.5. The Hall–Kier alpha value is -2.72. The molecule has 0 atom stereocenters. The molecule has 3 rings (SSSR count). The minimum Gasteiger partial charge on any atom is -0.223 e. The smallest absolute Gasteiger partial charge is 0.182 e. The van der Waals surface area contributed by atoms with Gasteiger partial charge in [0, 0.05) is 5.02 Å². The average molecular weight is 383 g/mol. The van der Waals surface area contributed by atoms with Gasteiger partial charge in [-0.05, 0) is 48.0 Å².